The number of nitriles is 1. The van der Waals surface area contributed by atoms with Crippen LogP contribution in [0.3, 0.4) is 0 Å². The largest absolute Gasteiger partial charge is 0.325 e. The maximum atomic E-state index is 11.9. The van der Waals surface area contributed by atoms with E-state index < -0.39 is 10.0 Å². The Morgan fingerprint density at radius 2 is 2.10 bits per heavy atom. The molecule has 112 valence electrons. The lowest BCUT2D eigenvalue weighted by molar-refractivity contribution is -0.116. The van der Waals surface area contributed by atoms with Crippen molar-refractivity contribution in [3.63, 3.8) is 0 Å². The zero-order valence-corrected chi connectivity index (χ0v) is 12.6. The number of para-hydroxylation sites is 1. The number of amides is 1. The number of nitrogens with one attached hydrogen (secondary N) is 1. The van der Waals surface area contributed by atoms with Gasteiger partial charge in [0.05, 0.1) is 17.5 Å². The Labute approximate surface area is 124 Å². The molecular weight excluding hydrogens is 290 g/mol. The summed E-state index contributed by atoms with van der Waals surface area (Å²) in [5.41, 5.74) is 0.829. The van der Waals surface area contributed by atoms with Crippen LogP contribution < -0.4 is 5.32 Å². The Balaban J connectivity index is 1.94. The van der Waals surface area contributed by atoms with Gasteiger partial charge in [0.25, 0.3) is 0 Å². The van der Waals surface area contributed by atoms with Crippen molar-refractivity contribution in [2.75, 3.05) is 18.1 Å². The van der Waals surface area contributed by atoms with Crippen molar-refractivity contribution in [2.45, 2.75) is 25.3 Å². The summed E-state index contributed by atoms with van der Waals surface area (Å²) in [5, 5.41) is 11.6. The fourth-order valence-corrected chi connectivity index (χ4v) is 3.27. The van der Waals surface area contributed by atoms with Crippen LogP contribution >= 0.6 is 0 Å². The normalized spacial score (nSPS) is 14.7. The highest BCUT2D eigenvalue weighted by Gasteiger charge is 2.34. The Morgan fingerprint density at radius 3 is 2.67 bits per heavy atom. The second kappa shape index (κ2) is 6.24. The van der Waals surface area contributed by atoms with Crippen LogP contribution in [0.5, 0.6) is 0 Å². The highest BCUT2D eigenvalue weighted by molar-refractivity contribution is 7.88. The molecule has 0 aromatic heterocycles. The molecule has 21 heavy (non-hydrogen) atoms. The molecule has 0 atom stereocenters. The zero-order valence-electron chi connectivity index (χ0n) is 11.7. The van der Waals surface area contributed by atoms with Crippen molar-refractivity contribution in [3.05, 3.63) is 29.8 Å². The van der Waals surface area contributed by atoms with Crippen molar-refractivity contribution in [1.82, 2.24) is 4.31 Å². The molecule has 1 aliphatic carbocycles. The van der Waals surface area contributed by atoms with Crippen molar-refractivity contribution >= 4 is 21.6 Å². The van der Waals surface area contributed by atoms with Gasteiger partial charge in [-0.15, -0.1) is 0 Å². The van der Waals surface area contributed by atoms with Gasteiger partial charge in [-0.3, -0.25) is 4.79 Å². The van der Waals surface area contributed by atoms with Crippen LogP contribution in [-0.2, 0) is 14.8 Å². The summed E-state index contributed by atoms with van der Waals surface area (Å²) in [5.74, 6) is -0.299. The number of carbonyl (C=O) groups is 1. The van der Waals surface area contributed by atoms with Gasteiger partial charge in [-0.05, 0) is 25.0 Å². The number of carbonyl (C=O) groups excluding carboxylic acids is 1. The minimum Gasteiger partial charge on any atom is -0.325 e. The average Bonchev–Trinajstić information content (AvgIpc) is 3.22. The van der Waals surface area contributed by atoms with Crippen molar-refractivity contribution in [2.24, 2.45) is 0 Å². The van der Waals surface area contributed by atoms with Crippen molar-refractivity contribution in [1.29, 1.82) is 5.26 Å². The standard InChI is InChI=1S/C14H17N3O3S/c1-21(19,20)17(12-6-7-12)9-8-14(18)16-13-5-3-2-4-11(13)10-15/h2-5,12H,6-9H2,1H3,(H,16,18). The Kier molecular flexibility index (Phi) is 4.60. The van der Waals surface area contributed by atoms with Gasteiger partial charge in [-0.2, -0.15) is 9.57 Å². The Hall–Kier alpha value is -1.91. The monoisotopic (exact) mass is 307 g/mol. The Morgan fingerprint density at radius 1 is 1.43 bits per heavy atom. The number of hydrogen-bond donors (Lipinski definition) is 1. The van der Waals surface area contributed by atoms with Crippen LogP contribution in [0, 0.1) is 11.3 Å². The van der Waals surface area contributed by atoms with E-state index in [1.807, 2.05) is 6.07 Å². The average molecular weight is 307 g/mol. The minimum absolute atomic E-state index is 0.0409. The van der Waals surface area contributed by atoms with Gasteiger partial charge < -0.3 is 5.32 Å². The maximum Gasteiger partial charge on any atom is 0.225 e. The number of hydrogen-bond acceptors (Lipinski definition) is 4. The predicted octanol–water partition coefficient (Wildman–Crippen LogP) is 1.31. The van der Waals surface area contributed by atoms with Crippen LogP contribution in [0.25, 0.3) is 0 Å². The molecule has 6 nitrogen and oxygen atoms in total. The summed E-state index contributed by atoms with van der Waals surface area (Å²) in [6, 6.07) is 8.74. The summed E-state index contributed by atoms with van der Waals surface area (Å²) in [7, 11) is -3.28. The summed E-state index contributed by atoms with van der Waals surface area (Å²) in [6.45, 7) is 0.171. The molecule has 0 aliphatic heterocycles. The van der Waals surface area contributed by atoms with E-state index in [4.69, 9.17) is 5.26 Å². The molecular formula is C14H17N3O3S. The molecule has 0 spiro atoms. The molecule has 0 radical (unpaired) electrons. The summed E-state index contributed by atoms with van der Waals surface area (Å²) in [4.78, 5) is 11.9. The van der Waals surface area contributed by atoms with Crippen LogP contribution in [0.1, 0.15) is 24.8 Å². The lowest BCUT2D eigenvalue weighted by Crippen LogP contribution is -2.34. The molecule has 1 fully saturated rings. The van der Waals surface area contributed by atoms with Crippen molar-refractivity contribution in [3.8, 4) is 6.07 Å². The highest BCUT2D eigenvalue weighted by Crippen LogP contribution is 2.28. The fraction of sp³-hybridized carbons (Fsp3) is 0.429. The fourth-order valence-electron chi connectivity index (χ4n) is 2.10. The predicted molar refractivity (Wildman–Crippen MR) is 79.0 cm³/mol. The van der Waals surface area contributed by atoms with Gasteiger partial charge in [-0.25, -0.2) is 8.42 Å². The lowest BCUT2D eigenvalue weighted by atomic mass is 10.2. The van der Waals surface area contributed by atoms with Gasteiger partial charge in [0.15, 0.2) is 0 Å². The molecule has 0 unspecified atom stereocenters. The third kappa shape index (κ3) is 4.28. The number of nitrogens with zero attached hydrogens (tertiary/aromatic N) is 2. The Bertz CT molecular complexity index is 675. The minimum atomic E-state index is -3.28. The van der Waals surface area contributed by atoms with Gasteiger partial charge in [0, 0.05) is 19.0 Å². The van der Waals surface area contributed by atoms with Crippen LogP contribution in [-0.4, -0.2) is 37.5 Å². The van der Waals surface area contributed by atoms with Crippen LogP contribution in [0.4, 0.5) is 5.69 Å². The molecule has 2 rings (SSSR count). The molecule has 0 bridgehead atoms. The van der Waals surface area contributed by atoms with Gasteiger partial charge in [0.1, 0.15) is 6.07 Å². The number of anilines is 1. The van der Waals surface area contributed by atoms with E-state index in [9.17, 15) is 13.2 Å². The van der Waals surface area contributed by atoms with E-state index >= 15 is 0 Å². The molecule has 1 saturated carbocycles. The first-order valence-electron chi connectivity index (χ1n) is 6.67. The van der Waals surface area contributed by atoms with E-state index in [2.05, 4.69) is 5.32 Å². The van der Waals surface area contributed by atoms with Crippen molar-refractivity contribution < 1.29 is 13.2 Å². The molecule has 7 heteroatoms. The zero-order chi connectivity index (χ0) is 15.5. The van der Waals surface area contributed by atoms with Gasteiger partial charge in [0.2, 0.25) is 15.9 Å². The van der Waals surface area contributed by atoms with Crippen LogP contribution in [0.2, 0.25) is 0 Å². The highest BCUT2D eigenvalue weighted by atomic mass is 32.2. The molecule has 1 aromatic carbocycles. The van der Waals surface area contributed by atoms with Gasteiger partial charge in [-0.1, -0.05) is 12.1 Å². The van der Waals surface area contributed by atoms with E-state index in [0.717, 1.165) is 19.1 Å². The van der Waals surface area contributed by atoms with E-state index in [1.54, 1.807) is 24.3 Å². The third-order valence-electron chi connectivity index (χ3n) is 3.26. The first kappa shape index (κ1) is 15.5. The lowest BCUT2D eigenvalue weighted by Gasteiger charge is -2.19. The van der Waals surface area contributed by atoms with E-state index in [-0.39, 0.29) is 24.9 Å². The molecule has 1 amide bonds. The third-order valence-corrected chi connectivity index (χ3v) is 4.59. The quantitative estimate of drug-likeness (QED) is 0.858. The van der Waals surface area contributed by atoms with E-state index in [1.165, 1.54) is 4.31 Å². The first-order valence-corrected chi connectivity index (χ1v) is 8.52. The van der Waals surface area contributed by atoms with Crippen LogP contribution in [0.15, 0.2) is 24.3 Å². The molecule has 0 saturated heterocycles. The van der Waals surface area contributed by atoms with E-state index in [0.29, 0.717) is 11.3 Å². The maximum absolute atomic E-state index is 11.9. The second-order valence-electron chi connectivity index (χ2n) is 5.06. The molecule has 1 aliphatic rings. The topological polar surface area (TPSA) is 90.3 Å². The summed E-state index contributed by atoms with van der Waals surface area (Å²) in [6.07, 6.45) is 2.94. The molecule has 1 aromatic rings. The summed E-state index contributed by atoms with van der Waals surface area (Å²) < 4.78 is 24.6. The number of rotatable bonds is 6. The second-order valence-corrected chi connectivity index (χ2v) is 7.00. The SMILES string of the molecule is CS(=O)(=O)N(CCC(=O)Nc1ccccc1C#N)C1CC1. The van der Waals surface area contributed by atoms with Gasteiger partial charge >= 0.3 is 0 Å². The number of benzene rings is 1. The molecule has 1 N–H and O–H groups in total. The smallest absolute Gasteiger partial charge is 0.225 e. The summed E-state index contributed by atoms with van der Waals surface area (Å²) >= 11 is 0. The number of sulfonamides is 1. The molecule has 0 heterocycles. The first-order chi connectivity index (χ1) is 9.91.